The molecule has 2 heterocycles. The van der Waals surface area contributed by atoms with E-state index in [4.69, 9.17) is 6.57 Å². The SMILES string of the molecule is [C-]#[N+]c1ccc(Nc2ccc3ccccc3n2)[nH+]c1. The molecule has 0 aliphatic rings. The Morgan fingerprint density at radius 3 is 2.74 bits per heavy atom. The van der Waals surface area contributed by atoms with Crippen molar-refractivity contribution >= 4 is 28.2 Å². The number of H-pyrrole nitrogens is 1. The summed E-state index contributed by atoms with van der Waals surface area (Å²) >= 11 is 0. The summed E-state index contributed by atoms with van der Waals surface area (Å²) in [7, 11) is 0. The Labute approximate surface area is 110 Å². The molecule has 0 radical (unpaired) electrons. The lowest BCUT2D eigenvalue weighted by molar-refractivity contribution is -0.359. The van der Waals surface area contributed by atoms with Crippen LogP contribution in [0, 0.1) is 6.57 Å². The first kappa shape index (κ1) is 11.2. The second-order valence-electron chi connectivity index (χ2n) is 4.09. The molecule has 4 heteroatoms. The molecule has 0 fully saturated rings. The van der Waals surface area contributed by atoms with Gasteiger partial charge in [-0.2, -0.15) is 0 Å². The van der Waals surface area contributed by atoms with Crippen molar-refractivity contribution in [2.45, 2.75) is 0 Å². The molecule has 2 N–H and O–H groups in total. The second kappa shape index (κ2) is 4.75. The van der Waals surface area contributed by atoms with Gasteiger partial charge < -0.3 is 0 Å². The van der Waals surface area contributed by atoms with Gasteiger partial charge in [0.1, 0.15) is 0 Å². The minimum atomic E-state index is 0.581. The van der Waals surface area contributed by atoms with Gasteiger partial charge in [0.2, 0.25) is 11.5 Å². The van der Waals surface area contributed by atoms with E-state index >= 15 is 0 Å². The lowest BCUT2D eigenvalue weighted by atomic mass is 10.2. The Morgan fingerprint density at radius 2 is 1.95 bits per heavy atom. The molecule has 0 saturated carbocycles. The van der Waals surface area contributed by atoms with Gasteiger partial charge in [-0.15, -0.1) is 0 Å². The fraction of sp³-hybridized carbons (Fsp3) is 0. The van der Waals surface area contributed by atoms with Crippen LogP contribution in [0.4, 0.5) is 17.3 Å². The molecule has 0 spiro atoms. The highest BCUT2D eigenvalue weighted by Crippen LogP contribution is 2.17. The van der Waals surface area contributed by atoms with Gasteiger partial charge in [0.05, 0.1) is 18.3 Å². The van der Waals surface area contributed by atoms with Crippen LogP contribution >= 0.6 is 0 Å². The zero-order valence-electron chi connectivity index (χ0n) is 10.1. The topological polar surface area (TPSA) is 43.4 Å². The monoisotopic (exact) mass is 247 g/mol. The summed E-state index contributed by atoms with van der Waals surface area (Å²) in [6.07, 6.45) is 1.66. The molecule has 1 aromatic carbocycles. The number of hydrogen-bond acceptors (Lipinski definition) is 2. The van der Waals surface area contributed by atoms with Gasteiger partial charge in [-0.05, 0) is 18.2 Å². The maximum absolute atomic E-state index is 6.90. The van der Waals surface area contributed by atoms with Crippen LogP contribution in [-0.4, -0.2) is 4.98 Å². The molecule has 0 bridgehead atoms. The molecule has 0 unspecified atom stereocenters. The smallest absolute Gasteiger partial charge is 0.256 e. The first-order chi connectivity index (χ1) is 9.35. The van der Waals surface area contributed by atoms with Crippen LogP contribution in [0.15, 0.2) is 54.7 Å². The van der Waals surface area contributed by atoms with E-state index in [1.54, 1.807) is 12.3 Å². The van der Waals surface area contributed by atoms with Crippen LogP contribution in [0.1, 0.15) is 0 Å². The van der Waals surface area contributed by atoms with Crippen LogP contribution in [0.3, 0.4) is 0 Å². The molecule has 0 amide bonds. The number of benzene rings is 1. The van der Waals surface area contributed by atoms with Gasteiger partial charge in [-0.25, -0.2) is 15.1 Å². The van der Waals surface area contributed by atoms with E-state index < -0.39 is 0 Å². The van der Waals surface area contributed by atoms with E-state index in [0.717, 1.165) is 22.5 Å². The number of aromatic nitrogens is 2. The van der Waals surface area contributed by atoms with Crippen molar-refractivity contribution < 1.29 is 4.98 Å². The van der Waals surface area contributed by atoms with Crippen LogP contribution < -0.4 is 10.3 Å². The third-order valence-electron chi connectivity index (χ3n) is 2.79. The van der Waals surface area contributed by atoms with Crippen molar-refractivity contribution in [1.29, 1.82) is 0 Å². The Hall–Kier alpha value is -2.93. The average molecular weight is 247 g/mol. The van der Waals surface area contributed by atoms with Crippen LogP contribution in [0.2, 0.25) is 0 Å². The van der Waals surface area contributed by atoms with Crippen molar-refractivity contribution in [2.24, 2.45) is 0 Å². The lowest BCUT2D eigenvalue weighted by Crippen LogP contribution is -2.09. The number of anilines is 2. The summed E-state index contributed by atoms with van der Waals surface area (Å²) in [5.41, 5.74) is 1.53. The van der Waals surface area contributed by atoms with Crippen molar-refractivity contribution in [1.82, 2.24) is 4.98 Å². The molecule has 3 rings (SSSR count). The summed E-state index contributed by atoms with van der Waals surface area (Å²) in [6, 6.07) is 15.5. The Bertz CT molecular complexity index is 757. The number of rotatable bonds is 2. The Morgan fingerprint density at radius 1 is 1.05 bits per heavy atom. The van der Waals surface area contributed by atoms with E-state index in [0.29, 0.717) is 5.69 Å². The molecule has 0 saturated heterocycles. The van der Waals surface area contributed by atoms with Gasteiger partial charge in [0.25, 0.3) is 5.82 Å². The lowest BCUT2D eigenvalue weighted by Gasteiger charge is -2.00. The largest absolute Gasteiger partial charge is 0.276 e. The first-order valence-electron chi connectivity index (χ1n) is 5.87. The van der Waals surface area contributed by atoms with Gasteiger partial charge in [0.15, 0.2) is 0 Å². The molecular weight excluding hydrogens is 236 g/mol. The molecule has 0 atom stereocenters. The number of fused-ring (bicyclic) bond motifs is 1. The molecule has 3 aromatic rings. The third kappa shape index (κ3) is 2.35. The highest BCUT2D eigenvalue weighted by atomic mass is 15.1. The van der Waals surface area contributed by atoms with E-state index in [1.165, 1.54) is 0 Å². The number of nitrogens with zero attached hydrogens (tertiary/aromatic N) is 2. The van der Waals surface area contributed by atoms with Crippen molar-refractivity contribution in [3.8, 4) is 0 Å². The van der Waals surface area contributed by atoms with Crippen LogP contribution in [0.5, 0.6) is 0 Å². The zero-order chi connectivity index (χ0) is 13.1. The molecule has 0 aliphatic carbocycles. The number of hydrogen-bond donors (Lipinski definition) is 1. The highest BCUT2D eigenvalue weighted by Gasteiger charge is 2.05. The summed E-state index contributed by atoms with van der Waals surface area (Å²) in [6.45, 7) is 6.90. The van der Waals surface area contributed by atoms with Gasteiger partial charge in [-0.3, -0.25) is 4.98 Å². The van der Waals surface area contributed by atoms with Crippen molar-refractivity contribution in [3.63, 3.8) is 0 Å². The number of aromatic amines is 1. The predicted molar refractivity (Wildman–Crippen MR) is 74.3 cm³/mol. The van der Waals surface area contributed by atoms with E-state index in [-0.39, 0.29) is 0 Å². The van der Waals surface area contributed by atoms with E-state index in [9.17, 15) is 0 Å². The van der Waals surface area contributed by atoms with Crippen LogP contribution in [0.25, 0.3) is 15.7 Å². The molecule has 4 nitrogen and oxygen atoms in total. The molecular formula is C15H11N4+. The van der Waals surface area contributed by atoms with Crippen molar-refractivity contribution in [2.75, 3.05) is 5.32 Å². The number of para-hydroxylation sites is 1. The maximum Gasteiger partial charge on any atom is 0.276 e. The van der Waals surface area contributed by atoms with Gasteiger partial charge in [0, 0.05) is 17.5 Å². The minimum absolute atomic E-state index is 0.581. The standard InChI is InChI=1S/C15H10N4/c1-16-12-7-9-14(17-10-12)19-15-8-6-11-4-2-3-5-13(11)18-15/h2-10H,(H,17,18,19)/p+1. The van der Waals surface area contributed by atoms with Crippen LogP contribution in [-0.2, 0) is 0 Å². The maximum atomic E-state index is 6.90. The zero-order valence-corrected chi connectivity index (χ0v) is 10.1. The van der Waals surface area contributed by atoms with Gasteiger partial charge in [-0.1, -0.05) is 18.2 Å². The minimum Gasteiger partial charge on any atom is -0.256 e. The molecule has 90 valence electrons. The quantitative estimate of drug-likeness (QED) is 0.706. The number of nitrogens with one attached hydrogen (secondary N) is 2. The molecule has 2 aromatic heterocycles. The highest BCUT2D eigenvalue weighted by molar-refractivity contribution is 5.80. The first-order valence-corrected chi connectivity index (χ1v) is 5.87. The summed E-state index contributed by atoms with van der Waals surface area (Å²) in [5, 5.41) is 4.29. The van der Waals surface area contributed by atoms with E-state index in [1.807, 2.05) is 42.5 Å². The molecule has 19 heavy (non-hydrogen) atoms. The summed E-state index contributed by atoms with van der Waals surface area (Å²) in [4.78, 5) is 10.9. The van der Waals surface area contributed by atoms with Gasteiger partial charge >= 0.3 is 0 Å². The average Bonchev–Trinajstić information content (AvgIpc) is 2.48. The van der Waals surface area contributed by atoms with E-state index in [2.05, 4.69) is 20.1 Å². The fourth-order valence-corrected chi connectivity index (χ4v) is 1.84. The predicted octanol–water partition coefficient (Wildman–Crippen LogP) is 3.34. The number of pyridine rings is 2. The summed E-state index contributed by atoms with van der Waals surface area (Å²) < 4.78 is 0. The Balaban J connectivity index is 1.90. The third-order valence-corrected chi connectivity index (χ3v) is 2.79. The fourth-order valence-electron chi connectivity index (χ4n) is 1.84. The second-order valence-corrected chi connectivity index (χ2v) is 4.09. The molecule has 0 aliphatic heterocycles. The summed E-state index contributed by atoms with van der Waals surface area (Å²) in [5.74, 6) is 1.57. The van der Waals surface area contributed by atoms with Crippen molar-refractivity contribution in [3.05, 3.63) is 66.1 Å². The Kier molecular flexibility index (Phi) is 2.79. The normalized spacial score (nSPS) is 10.1.